The maximum atomic E-state index is 14.0. The number of ether oxygens (including phenoxy) is 2. The molecule has 154 valence electrons. The van der Waals surface area contributed by atoms with E-state index in [0.29, 0.717) is 5.69 Å². The molecule has 0 saturated carbocycles. The summed E-state index contributed by atoms with van der Waals surface area (Å²) in [6.07, 6.45) is -1.19. The first-order chi connectivity index (χ1) is 13.7. The number of anilines is 1. The molecular formula is C21H23FN2O5. The molecule has 7 nitrogen and oxygen atoms in total. The lowest BCUT2D eigenvalue weighted by Crippen LogP contribution is -2.41. The number of carbonyl (C=O) groups excluding carboxylic acids is 3. The van der Waals surface area contributed by atoms with Crippen molar-refractivity contribution in [2.75, 3.05) is 26.0 Å². The fraction of sp³-hybridized carbons (Fsp3) is 0.286. The Morgan fingerprint density at radius 2 is 1.79 bits per heavy atom. The fourth-order valence-corrected chi connectivity index (χ4v) is 2.50. The van der Waals surface area contributed by atoms with Crippen molar-refractivity contribution >= 4 is 23.5 Å². The largest absolute Gasteiger partial charge is 0.497 e. The monoisotopic (exact) mass is 402 g/mol. The molecular weight excluding hydrogens is 379 g/mol. The smallest absolute Gasteiger partial charge is 0.341 e. The molecule has 1 N–H and O–H groups in total. The molecule has 0 aliphatic carbocycles. The number of nitrogens with zero attached hydrogens (tertiary/aromatic N) is 1. The third-order valence-corrected chi connectivity index (χ3v) is 4.12. The van der Waals surface area contributed by atoms with Crippen LogP contribution in [0.3, 0.4) is 0 Å². The minimum atomic E-state index is -1.19. The maximum absolute atomic E-state index is 14.0. The number of methoxy groups -OCH3 is 1. The summed E-state index contributed by atoms with van der Waals surface area (Å²) >= 11 is 0. The van der Waals surface area contributed by atoms with Gasteiger partial charge < -0.3 is 19.7 Å². The maximum Gasteiger partial charge on any atom is 0.341 e. The van der Waals surface area contributed by atoms with Gasteiger partial charge in [-0.2, -0.15) is 0 Å². The number of likely N-dealkylation sites (N-methyl/N-ethyl adjacent to an activating group) is 1. The van der Waals surface area contributed by atoms with Crippen LogP contribution in [0.5, 0.6) is 5.75 Å². The minimum Gasteiger partial charge on any atom is -0.497 e. The van der Waals surface area contributed by atoms with E-state index in [0.717, 1.165) is 16.5 Å². The van der Waals surface area contributed by atoms with E-state index in [2.05, 4.69) is 5.32 Å². The van der Waals surface area contributed by atoms with Crippen LogP contribution in [0.15, 0.2) is 42.5 Å². The van der Waals surface area contributed by atoms with Gasteiger partial charge in [-0.25, -0.2) is 9.18 Å². The van der Waals surface area contributed by atoms with Crippen molar-refractivity contribution in [1.82, 2.24) is 4.90 Å². The number of rotatable bonds is 7. The quantitative estimate of drug-likeness (QED) is 0.720. The van der Waals surface area contributed by atoms with Gasteiger partial charge in [0.25, 0.3) is 5.91 Å². The highest BCUT2D eigenvalue weighted by atomic mass is 19.1. The van der Waals surface area contributed by atoms with E-state index in [4.69, 9.17) is 9.47 Å². The fourth-order valence-electron chi connectivity index (χ4n) is 2.50. The van der Waals surface area contributed by atoms with Crippen molar-refractivity contribution in [3.05, 3.63) is 59.4 Å². The average Bonchev–Trinajstić information content (AvgIpc) is 2.68. The lowest BCUT2D eigenvalue weighted by molar-refractivity contribution is -0.140. The van der Waals surface area contributed by atoms with Gasteiger partial charge in [0.05, 0.1) is 19.2 Å². The summed E-state index contributed by atoms with van der Waals surface area (Å²) in [4.78, 5) is 37.8. The van der Waals surface area contributed by atoms with Gasteiger partial charge in [0.2, 0.25) is 5.91 Å². The Kier molecular flexibility index (Phi) is 7.30. The molecule has 0 fully saturated rings. The van der Waals surface area contributed by atoms with Gasteiger partial charge in [-0.05, 0) is 38.1 Å². The third kappa shape index (κ3) is 6.03. The van der Waals surface area contributed by atoms with E-state index in [-0.39, 0.29) is 17.9 Å². The lowest BCUT2D eigenvalue weighted by Gasteiger charge is -2.21. The second kappa shape index (κ2) is 9.68. The minimum absolute atomic E-state index is 0.231. The molecule has 0 unspecified atom stereocenters. The Hall–Kier alpha value is -3.42. The summed E-state index contributed by atoms with van der Waals surface area (Å²) in [5, 5.41) is 2.68. The molecule has 0 bridgehead atoms. The predicted octanol–water partition coefficient (Wildman–Crippen LogP) is 2.79. The molecule has 29 heavy (non-hydrogen) atoms. The summed E-state index contributed by atoms with van der Waals surface area (Å²) in [5.74, 6) is -2.54. The Morgan fingerprint density at radius 1 is 1.14 bits per heavy atom. The summed E-state index contributed by atoms with van der Waals surface area (Å²) < 4.78 is 23.9. The van der Waals surface area contributed by atoms with Crippen LogP contribution >= 0.6 is 0 Å². The van der Waals surface area contributed by atoms with Crippen LogP contribution in [0, 0.1) is 12.7 Å². The number of hydrogen-bond donors (Lipinski definition) is 1. The summed E-state index contributed by atoms with van der Waals surface area (Å²) in [5.41, 5.74) is 1.35. The van der Waals surface area contributed by atoms with Crippen molar-refractivity contribution in [2.45, 2.75) is 20.0 Å². The van der Waals surface area contributed by atoms with E-state index < -0.39 is 29.7 Å². The summed E-state index contributed by atoms with van der Waals surface area (Å²) in [6, 6.07) is 10.9. The number of esters is 1. The first-order valence-electron chi connectivity index (χ1n) is 8.87. The third-order valence-electron chi connectivity index (χ3n) is 4.12. The van der Waals surface area contributed by atoms with E-state index >= 15 is 0 Å². The molecule has 2 aromatic carbocycles. The Labute approximate surface area is 168 Å². The van der Waals surface area contributed by atoms with E-state index in [1.807, 2.05) is 19.1 Å². The number of benzene rings is 2. The summed E-state index contributed by atoms with van der Waals surface area (Å²) in [7, 11) is 2.79. The van der Waals surface area contributed by atoms with Crippen molar-refractivity contribution in [2.24, 2.45) is 0 Å². The number of carbonyl (C=O) groups is 3. The van der Waals surface area contributed by atoms with Crippen molar-refractivity contribution in [3.63, 3.8) is 0 Å². The molecule has 0 saturated heterocycles. The molecule has 0 spiro atoms. The molecule has 0 aromatic heterocycles. The van der Waals surface area contributed by atoms with Crippen LogP contribution in [-0.4, -0.2) is 49.5 Å². The molecule has 0 heterocycles. The number of hydrogen-bond acceptors (Lipinski definition) is 5. The van der Waals surface area contributed by atoms with Crippen LogP contribution < -0.4 is 10.1 Å². The Morgan fingerprint density at radius 3 is 2.38 bits per heavy atom. The molecule has 0 radical (unpaired) electrons. The first-order valence-corrected chi connectivity index (χ1v) is 8.87. The number of nitrogens with one attached hydrogen (secondary N) is 1. The van der Waals surface area contributed by atoms with Gasteiger partial charge in [-0.15, -0.1) is 0 Å². The molecule has 8 heteroatoms. The van der Waals surface area contributed by atoms with Gasteiger partial charge in [-0.1, -0.05) is 17.7 Å². The van der Waals surface area contributed by atoms with Crippen molar-refractivity contribution in [1.29, 1.82) is 0 Å². The van der Waals surface area contributed by atoms with E-state index in [1.54, 1.807) is 12.1 Å². The van der Waals surface area contributed by atoms with Crippen LogP contribution in [-0.2, 0) is 14.3 Å². The zero-order chi connectivity index (χ0) is 21.6. The molecule has 2 aromatic rings. The molecule has 2 amide bonds. The van der Waals surface area contributed by atoms with Crippen LogP contribution in [0.4, 0.5) is 10.1 Å². The van der Waals surface area contributed by atoms with E-state index in [1.165, 1.54) is 33.2 Å². The number of aryl methyl sites for hydroxylation is 1. The topological polar surface area (TPSA) is 84.9 Å². The Balaban J connectivity index is 1.91. The highest BCUT2D eigenvalue weighted by molar-refractivity contribution is 5.96. The lowest BCUT2D eigenvalue weighted by atomic mass is 10.2. The van der Waals surface area contributed by atoms with Crippen molar-refractivity contribution < 1.29 is 28.2 Å². The van der Waals surface area contributed by atoms with E-state index in [9.17, 15) is 18.8 Å². The molecule has 2 rings (SSSR count). The second-order valence-electron chi connectivity index (χ2n) is 6.50. The highest BCUT2D eigenvalue weighted by Gasteiger charge is 2.25. The van der Waals surface area contributed by atoms with Crippen LogP contribution in [0.25, 0.3) is 0 Å². The standard InChI is InChI=1S/C21H23FN2O5/c1-13-5-7-15(8-6-13)23-19(25)12-24(3)20(26)14(2)29-21(27)17-10-9-16(28-4)11-18(17)22/h5-11,14H,12H2,1-4H3,(H,23,25)/t14-/m1/s1. The SMILES string of the molecule is COc1ccc(C(=O)O[C@H](C)C(=O)N(C)CC(=O)Nc2ccc(C)cc2)c(F)c1. The number of amides is 2. The predicted molar refractivity (Wildman–Crippen MR) is 105 cm³/mol. The normalized spacial score (nSPS) is 11.3. The first kappa shape index (κ1) is 21.9. The van der Waals surface area contributed by atoms with Gasteiger partial charge >= 0.3 is 5.97 Å². The number of halogens is 1. The van der Waals surface area contributed by atoms with Crippen molar-refractivity contribution in [3.8, 4) is 5.75 Å². The highest BCUT2D eigenvalue weighted by Crippen LogP contribution is 2.17. The summed E-state index contributed by atoms with van der Waals surface area (Å²) in [6.45, 7) is 3.06. The average molecular weight is 402 g/mol. The molecule has 0 aliphatic heterocycles. The van der Waals surface area contributed by atoms with Crippen LogP contribution in [0.1, 0.15) is 22.8 Å². The van der Waals surface area contributed by atoms with Gasteiger partial charge in [0, 0.05) is 18.8 Å². The van der Waals surface area contributed by atoms with Gasteiger partial charge in [0.15, 0.2) is 6.10 Å². The second-order valence-corrected chi connectivity index (χ2v) is 6.50. The van der Waals surface area contributed by atoms with Crippen LogP contribution in [0.2, 0.25) is 0 Å². The zero-order valence-corrected chi connectivity index (χ0v) is 16.7. The molecule has 1 atom stereocenters. The van der Waals surface area contributed by atoms with Gasteiger partial charge in [0.1, 0.15) is 11.6 Å². The van der Waals surface area contributed by atoms with Gasteiger partial charge in [-0.3, -0.25) is 9.59 Å². The Bertz CT molecular complexity index is 898. The zero-order valence-electron chi connectivity index (χ0n) is 16.7. The molecule has 0 aliphatic rings.